The fraction of sp³-hybridized carbons (Fsp3) is 0.429. The van der Waals surface area contributed by atoms with Crippen LogP contribution in [0.3, 0.4) is 0 Å². The Hall–Kier alpha value is -1.72. The number of anilines is 1. The Kier molecular flexibility index (Phi) is 7.21. The average molecular weight is 335 g/mol. The van der Waals surface area contributed by atoms with E-state index in [4.69, 9.17) is 11.2 Å². The minimum atomic E-state index is -4.48. The highest BCUT2D eigenvalue weighted by molar-refractivity contribution is 7.80. The second-order valence-corrected chi connectivity index (χ2v) is 5.48. The number of rotatable bonds is 8. The highest BCUT2D eigenvalue weighted by Gasteiger charge is 2.28. The van der Waals surface area contributed by atoms with Crippen LogP contribution in [0, 0.1) is 12.3 Å². The molecule has 0 bridgehead atoms. The first-order valence-corrected chi connectivity index (χ1v) is 7.57. The maximum atomic E-state index is 11.9. The second kappa shape index (κ2) is 8.66. The lowest BCUT2D eigenvalue weighted by Gasteiger charge is -2.11. The summed E-state index contributed by atoms with van der Waals surface area (Å²) in [6.45, 7) is -1.11. The van der Waals surface area contributed by atoms with Gasteiger partial charge in [-0.15, -0.1) is 6.42 Å². The van der Waals surface area contributed by atoms with Crippen LogP contribution in [-0.4, -0.2) is 36.4 Å². The third-order valence-electron chi connectivity index (χ3n) is 2.52. The first-order chi connectivity index (χ1) is 10.4. The molecule has 0 spiro atoms. The van der Waals surface area contributed by atoms with Gasteiger partial charge in [0.2, 0.25) is 0 Å². The summed E-state index contributed by atoms with van der Waals surface area (Å²) in [7, 11) is 1.51. The number of benzene rings is 1. The van der Waals surface area contributed by atoms with Gasteiger partial charge in [0.1, 0.15) is 5.75 Å². The molecule has 0 saturated carbocycles. The van der Waals surface area contributed by atoms with Crippen molar-refractivity contribution in [3.05, 3.63) is 23.8 Å². The van der Waals surface area contributed by atoms with E-state index in [1.807, 2.05) is 0 Å². The minimum absolute atomic E-state index is 0.000223. The van der Waals surface area contributed by atoms with E-state index >= 15 is 0 Å². The monoisotopic (exact) mass is 335 g/mol. The predicted molar refractivity (Wildman–Crippen MR) is 79.1 cm³/mol. The molecule has 0 amide bonds. The molecule has 1 aromatic carbocycles. The van der Waals surface area contributed by atoms with Gasteiger partial charge in [0.15, 0.2) is 17.7 Å². The molecule has 1 rings (SSSR count). The lowest BCUT2D eigenvalue weighted by molar-refractivity contribution is -0.151. The molecule has 4 nitrogen and oxygen atoms in total. The van der Waals surface area contributed by atoms with Crippen LogP contribution in [-0.2, 0) is 15.3 Å². The molecule has 1 N–H and O–H groups in total. The minimum Gasteiger partial charge on any atom is -0.495 e. The molecule has 1 unspecified atom stereocenters. The van der Waals surface area contributed by atoms with Gasteiger partial charge < -0.3 is 10.1 Å². The van der Waals surface area contributed by atoms with Crippen LogP contribution in [0.1, 0.15) is 12.0 Å². The summed E-state index contributed by atoms with van der Waals surface area (Å²) in [5, 5.41) is 3.03. The molecule has 122 valence electrons. The molecule has 0 saturated heterocycles. The number of terminal acetylenes is 1. The number of hydrogen-bond acceptors (Lipinski definition) is 4. The van der Waals surface area contributed by atoms with Crippen molar-refractivity contribution >= 4 is 16.8 Å². The normalized spacial score (nSPS) is 12.5. The Morgan fingerprint density at radius 3 is 2.73 bits per heavy atom. The van der Waals surface area contributed by atoms with Gasteiger partial charge in [0.25, 0.3) is 0 Å². The maximum absolute atomic E-state index is 11.9. The molecule has 0 radical (unpaired) electrons. The van der Waals surface area contributed by atoms with Crippen molar-refractivity contribution in [2.24, 2.45) is 0 Å². The Morgan fingerprint density at radius 1 is 1.41 bits per heavy atom. The number of ether oxygens (including phenoxy) is 1. The SMILES string of the molecule is C#Cc1ccc(OC)c(NCCCS(=O)OCC(F)(F)F)c1. The van der Waals surface area contributed by atoms with Gasteiger partial charge in [-0.05, 0) is 24.6 Å². The number of nitrogens with one attached hydrogen (secondary N) is 1. The van der Waals surface area contributed by atoms with Crippen LogP contribution in [0.15, 0.2) is 18.2 Å². The lowest BCUT2D eigenvalue weighted by atomic mass is 10.2. The number of halogens is 3. The van der Waals surface area contributed by atoms with E-state index in [9.17, 15) is 17.4 Å². The number of methoxy groups -OCH3 is 1. The van der Waals surface area contributed by atoms with Crippen molar-refractivity contribution in [1.82, 2.24) is 0 Å². The molecule has 0 fully saturated rings. The van der Waals surface area contributed by atoms with E-state index in [0.29, 0.717) is 30.0 Å². The summed E-state index contributed by atoms with van der Waals surface area (Å²) >= 11 is -1.96. The van der Waals surface area contributed by atoms with Crippen LogP contribution >= 0.6 is 0 Å². The Morgan fingerprint density at radius 2 is 2.14 bits per heavy atom. The molecule has 8 heteroatoms. The molecule has 0 aliphatic rings. The van der Waals surface area contributed by atoms with E-state index in [2.05, 4.69) is 15.4 Å². The first-order valence-electron chi connectivity index (χ1n) is 6.32. The van der Waals surface area contributed by atoms with Gasteiger partial charge in [0.05, 0.1) is 18.6 Å². The molecule has 0 aliphatic heterocycles. The molecule has 0 aromatic heterocycles. The van der Waals surface area contributed by atoms with Gasteiger partial charge in [-0.25, -0.2) is 4.21 Å². The summed E-state index contributed by atoms with van der Waals surface area (Å²) in [5.74, 6) is 3.08. The lowest BCUT2D eigenvalue weighted by Crippen LogP contribution is -2.19. The third kappa shape index (κ3) is 6.83. The Balaban J connectivity index is 2.39. The van der Waals surface area contributed by atoms with Crippen LogP contribution in [0.25, 0.3) is 0 Å². The summed E-state index contributed by atoms with van der Waals surface area (Å²) < 4.78 is 56.2. The van der Waals surface area contributed by atoms with Gasteiger partial charge in [-0.1, -0.05) is 5.92 Å². The highest BCUT2D eigenvalue weighted by Crippen LogP contribution is 2.25. The van der Waals surface area contributed by atoms with E-state index < -0.39 is 23.9 Å². The molecule has 1 aromatic rings. The molecular formula is C14H16F3NO3S. The van der Waals surface area contributed by atoms with Crippen molar-refractivity contribution in [3.8, 4) is 18.1 Å². The summed E-state index contributed by atoms with van der Waals surface area (Å²) in [5.41, 5.74) is 1.33. The van der Waals surface area contributed by atoms with Crippen molar-refractivity contribution in [2.45, 2.75) is 12.6 Å². The van der Waals surface area contributed by atoms with Crippen LogP contribution in [0.2, 0.25) is 0 Å². The van der Waals surface area contributed by atoms with E-state index in [1.165, 1.54) is 7.11 Å². The predicted octanol–water partition coefficient (Wildman–Crippen LogP) is 2.72. The zero-order valence-electron chi connectivity index (χ0n) is 11.9. The zero-order valence-corrected chi connectivity index (χ0v) is 12.7. The number of hydrogen-bond donors (Lipinski definition) is 1. The first kappa shape index (κ1) is 18.3. The molecule has 0 heterocycles. The zero-order chi connectivity index (χ0) is 16.6. The third-order valence-corrected chi connectivity index (χ3v) is 3.53. The van der Waals surface area contributed by atoms with Gasteiger partial charge in [0, 0.05) is 12.1 Å². The van der Waals surface area contributed by atoms with Gasteiger partial charge in [-0.2, -0.15) is 13.2 Å². The van der Waals surface area contributed by atoms with E-state index in [-0.39, 0.29) is 5.75 Å². The van der Waals surface area contributed by atoms with Crippen LogP contribution in [0.5, 0.6) is 5.75 Å². The van der Waals surface area contributed by atoms with Crippen molar-refractivity contribution in [1.29, 1.82) is 0 Å². The van der Waals surface area contributed by atoms with Crippen molar-refractivity contribution < 1.29 is 26.3 Å². The smallest absolute Gasteiger partial charge is 0.413 e. The fourth-order valence-electron chi connectivity index (χ4n) is 1.54. The van der Waals surface area contributed by atoms with Crippen molar-refractivity contribution in [3.63, 3.8) is 0 Å². The Labute approximate surface area is 129 Å². The van der Waals surface area contributed by atoms with Crippen molar-refractivity contribution in [2.75, 3.05) is 31.3 Å². The fourth-order valence-corrected chi connectivity index (χ4v) is 2.30. The summed E-state index contributed by atoms with van der Waals surface area (Å²) in [6.07, 6.45) is 1.20. The average Bonchev–Trinajstić information content (AvgIpc) is 2.48. The number of alkyl halides is 3. The van der Waals surface area contributed by atoms with E-state index in [1.54, 1.807) is 18.2 Å². The standard InChI is InChI=1S/C14H16F3NO3S/c1-3-11-5-6-13(20-2)12(9-11)18-7-4-8-22(19)21-10-14(15,16)17/h1,5-6,9,18H,4,7-8,10H2,2H3. The van der Waals surface area contributed by atoms with Crippen LogP contribution in [0.4, 0.5) is 18.9 Å². The summed E-state index contributed by atoms with van der Waals surface area (Å²) in [4.78, 5) is 0. The molecule has 22 heavy (non-hydrogen) atoms. The molecule has 0 aliphatic carbocycles. The quantitative estimate of drug-likeness (QED) is 0.586. The molecular weight excluding hydrogens is 319 g/mol. The highest BCUT2D eigenvalue weighted by atomic mass is 32.2. The van der Waals surface area contributed by atoms with E-state index in [0.717, 1.165) is 0 Å². The van der Waals surface area contributed by atoms with Gasteiger partial charge >= 0.3 is 6.18 Å². The largest absolute Gasteiger partial charge is 0.495 e. The topological polar surface area (TPSA) is 47.6 Å². The Bertz CT molecular complexity index is 555. The molecule has 1 atom stereocenters. The maximum Gasteiger partial charge on any atom is 0.413 e. The van der Waals surface area contributed by atoms with Gasteiger partial charge in [-0.3, -0.25) is 4.18 Å². The second-order valence-electron chi connectivity index (χ2n) is 4.22. The van der Waals surface area contributed by atoms with Crippen LogP contribution < -0.4 is 10.1 Å². The summed E-state index contributed by atoms with van der Waals surface area (Å²) in [6, 6.07) is 5.15.